The molecule has 0 fully saturated rings. The number of hydrogen-bond acceptors (Lipinski definition) is 7. The molecule has 0 aliphatic rings. The van der Waals surface area contributed by atoms with Crippen LogP contribution in [0.3, 0.4) is 0 Å². The monoisotopic (exact) mass is 443 g/mol. The SMILES string of the molecule is CC(Nc1c(Nc2ccnc(Nc3ccc(Br)cc3)n2)c(=O)c1=O)C(C)(C)C. The molecule has 28 heavy (non-hydrogen) atoms. The van der Waals surface area contributed by atoms with E-state index in [1.807, 2.05) is 31.2 Å². The van der Waals surface area contributed by atoms with Crippen LogP contribution < -0.4 is 26.8 Å². The summed E-state index contributed by atoms with van der Waals surface area (Å²) < 4.78 is 0.971. The molecule has 1 aromatic heterocycles. The lowest BCUT2D eigenvalue weighted by Gasteiger charge is -2.30. The lowest BCUT2D eigenvalue weighted by atomic mass is 9.87. The Labute approximate surface area is 171 Å². The molecule has 3 rings (SSSR count). The van der Waals surface area contributed by atoms with Gasteiger partial charge in [0.15, 0.2) is 0 Å². The second-order valence-corrected chi connectivity index (χ2v) is 8.58. The Morgan fingerprint density at radius 3 is 2.25 bits per heavy atom. The third kappa shape index (κ3) is 4.39. The molecule has 1 unspecified atom stereocenters. The van der Waals surface area contributed by atoms with E-state index >= 15 is 0 Å². The van der Waals surface area contributed by atoms with Gasteiger partial charge in [0.05, 0.1) is 0 Å². The number of benzene rings is 1. The van der Waals surface area contributed by atoms with Crippen LogP contribution in [0.15, 0.2) is 50.6 Å². The van der Waals surface area contributed by atoms with Crippen molar-refractivity contribution in [3.63, 3.8) is 0 Å². The van der Waals surface area contributed by atoms with Crippen LogP contribution in [-0.2, 0) is 0 Å². The van der Waals surface area contributed by atoms with Gasteiger partial charge in [0.25, 0.3) is 10.9 Å². The zero-order valence-electron chi connectivity index (χ0n) is 16.1. The second kappa shape index (κ2) is 7.71. The Balaban J connectivity index is 1.78. The molecule has 146 valence electrons. The molecule has 2 aromatic carbocycles. The van der Waals surface area contributed by atoms with E-state index in [2.05, 4.69) is 62.6 Å². The highest BCUT2D eigenvalue weighted by atomic mass is 79.9. The van der Waals surface area contributed by atoms with Crippen LogP contribution in [0.1, 0.15) is 27.7 Å². The molecular formula is C20H22BrN5O2. The van der Waals surface area contributed by atoms with Crippen LogP contribution in [0.5, 0.6) is 0 Å². The molecule has 0 aliphatic carbocycles. The quantitative estimate of drug-likeness (QED) is 0.491. The van der Waals surface area contributed by atoms with Crippen LogP contribution in [0, 0.1) is 5.41 Å². The van der Waals surface area contributed by atoms with Crippen molar-refractivity contribution in [2.24, 2.45) is 5.41 Å². The van der Waals surface area contributed by atoms with Crippen LogP contribution in [0.2, 0.25) is 0 Å². The summed E-state index contributed by atoms with van der Waals surface area (Å²) in [5.74, 6) is 0.803. The minimum absolute atomic E-state index is 0.0105. The van der Waals surface area contributed by atoms with Crippen molar-refractivity contribution in [3.8, 4) is 0 Å². The van der Waals surface area contributed by atoms with Gasteiger partial charge in [-0.1, -0.05) is 36.7 Å². The smallest absolute Gasteiger partial charge is 0.253 e. The average molecular weight is 444 g/mol. The Bertz CT molecular complexity index is 1050. The van der Waals surface area contributed by atoms with Crippen molar-refractivity contribution in [2.45, 2.75) is 33.7 Å². The van der Waals surface area contributed by atoms with Gasteiger partial charge in [-0.05, 0) is 42.7 Å². The summed E-state index contributed by atoms with van der Waals surface area (Å²) in [4.78, 5) is 32.6. The minimum atomic E-state index is -0.551. The van der Waals surface area contributed by atoms with Gasteiger partial charge in [-0.3, -0.25) is 9.59 Å². The van der Waals surface area contributed by atoms with Gasteiger partial charge in [-0.25, -0.2) is 4.98 Å². The highest BCUT2D eigenvalue weighted by molar-refractivity contribution is 9.10. The van der Waals surface area contributed by atoms with Gasteiger partial charge in [-0.15, -0.1) is 0 Å². The first-order valence-electron chi connectivity index (χ1n) is 8.87. The second-order valence-electron chi connectivity index (χ2n) is 7.66. The zero-order chi connectivity index (χ0) is 20.5. The fourth-order valence-corrected chi connectivity index (χ4v) is 2.62. The van der Waals surface area contributed by atoms with Crippen molar-refractivity contribution in [1.29, 1.82) is 0 Å². The average Bonchev–Trinajstić information content (AvgIpc) is 2.65. The summed E-state index contributed by atoms with van der Waals surface area (Å²) >= 11 is 3.39. The van der Waals surface area contributed by atoms with Gasteiger partial charge in [0.2, 0.25) is 5.95 Å². The van der Waals surface area contributed by atoms with Crippen molar-refractivity contribution in [2.75, 3.05) is 16.0 Å². The molecule has 0 amide bonds. The summed E-state index contributed by atoms with van der Waals surface area (Å²) in [7, 11) is 0. The summed E-state index contributed by atoms with van der Waals surface area (Å²) in [5.41, 5.74) is 0.234. The van der Waals surface area contributed by atoms with E-state index in [0.29, 0.717) is 17.5 Å². The molecule has 1 atom stereocenters. The molecule has 1 heterocycles. The fourth-order valence-electron chi connectivity index (χ4n) is 2.36. The standard InChI is InChI=1S/C20H22BrN5O2/c1-11(20(2,3)4)23-15-16(18(28)17(15)27)25-14-9-10-22-19(26-14)24-13-7-5-12(21)6-8-13/h5-11,23H,1-4H3,(H2,22,24,25,26). The molecule has 0 bridgehead atoms. The number of nitrogens with zero attached hydrogens (tertiary/aromatic N) is 2. The zero-order valence-corrected chi connectivity index (χ0v) is 17.7. The highest BCUT2D eigenvalue weighted by Crippen LogP contribution is 2.26. The predicted molar refractivity (Wildman–Crippen MR) is 117 cm³/mol. The molecule has 0 saturated heterocycles. The Morgan fingerprint density at radius 2 is 1.61 bits per heavy atom. The highest BCUT2D eigenvalue weighted by Gasteiger charge is 2.27. The molecule has 0 aliphatic heterocycles. The van der Waals surface area contributed by atoms with Gasteiger partial charge in [0, 0.05) is 22.4 Å². The van der Waals surface area contributed by atoms with Crippen LogP contribution in [0.4, 0.5) is 28.8 Å². The van der Waals surface area contributed by atoms with Crippen LogP contribution in [0.25, 0.3) is 0 Å². The Kier molecular flexibility index (Phi) is 5.51. The maximum Gasteiger partial charge on any atom is 0.253 e. The van der Waals surface area contributed by atoms with E-state index in [0.717, 1.165) is 10.2 Å². The number of rotatable bonds is 6. The van der Waals surface area contributed by atoms with Gasteiger partial charge < -0.3 is 16.0 Å². The summed E-state index contributed by atoms with van der Waals surface area (Å²) in [6, 6.07) is 9.24. The molecule has 8 heteroatoms. The summed E-state index contributed by atoms with van der Waals surface area (Å²) in [5, 5.41) is 9.20. The molecule has 7 nitrogen and oxygen atoms in total. The van der Waals surface area contributed by atoms with E-state index in [9.17, 15) is 9.59 Å². The largest absolute Gasteiger partial charge is 0.377 e. The topological polar surface area (TPSA) is 96.0 Å². The maximum atomic E-state index is 12.0. The Hall–Kier alpha value is -2.74. The first-order valence-corrected chi connectivity index (χ1v) is 9.67. The molecular weight excluding hydrogens is 422 g/mol. The van der Waals surface area contributed by atoms with E-state index < -0.39 is 10.9 Å². The summed E-state index contributed by atoms with van der Waals surface area (Å²) in [6.07, 6.45) is 1.58. The van der Waals surface area contributed by atoms with Crippen molar-refractivity contribution in [3.05, 3.63) is 61.4 Å². The summed E-state index contributed by atoms with van der Waals surface area (Å²) in [6.45, 7) is 8.17. The van der Waals surface area contributed by atoms with Gasteiger partial charge in [-0.2, -0.15) is 4.98 Å². The van der Waals surface area contributed by atoms with E-state index in [4.69, 9.17) is 0 Å². The predicted octanol–water partition coefficient (Wildman–Crippen LogP) is 4.17. The molecule has 0 saturated carbocycles. The van der Waals surface area contributed by atoms with Crippen LogP contribution >= 0.6 is 15.9 Å². The van der Waals surface area contributed by atoms with Crippen LogP contribution in [-0.4, -0.2) is 16.0 Å². The number of halogens is 1. The molecule has 0 radical (unpaired) electrons. The Morgan fingerprint density at radius 1 is 0.964 bits per heavy atom. The lowest BCUT2D eigenvalue weighted by molar-refractivity contribution is 0.359. The number of anilines is 5. The third-order valence-corrected chi connectivity index (χ3v) is 5.11. The maximum absolute atomic E-state index is 12.0. The first kappa shape index (κ1) is 20.0. The number of aromatic nitrogens is 2. The van der Waals surface area contributed by atoms with Crippen molar-refractivity contribution in [1.82, 2.24) is 9.97 Å². The van der Waals surface area contributed by atoms with Gasteiger partial charge >= 0.3 is 0 Å². The minimum Gasteiger partial charge on any atom is -0.377 e. The van der Waals surface area contributed by atoms with Crippen molar-refractivity contribution < 1.29 is 0 Å². The molecule has 0 spiro atoms. The first-order chi connectivity index (χ1) is 13.1. The van der Waals surface area contributed by atoms with E-state index in [1.165, 1.54) is 0 Å². The normalized spacial score (nSPS) is 12.6. The van der Waals surface area contributed by atoms with Gasteiger partial charge in [0.1, 0.15) is 17.2 Å². The van der Waals surface area contributed by atoms with E-state index in [-0.39, 0.29) is 17.1 Å². The number of nitrogens with one attached hydrogen (secondary N) is 3. The fraction of sp³-hybridized carbons (Fsp3) is 0.300. The van der Waals surface area contributed by atoms with Crippen molar-refractivity contribution >= 4 is 44.8 Å². The molecule has 3 N–H and O–H groups in total. The molecule has 3 aromatic rings. The third-order valence-electron chi connectivity index (χ3n) is 4.58. The lowest BCUT2D eigenvalue weighted by Crippen LogP contribution is -2.41. The number of hydrogen-bond donors (Lipinski definition) is 3. The van der Waals surface area contributed by atoms with E-state index in [1.54, 1.807) is 12.3 Å².